The van der Waals surface area contributed by atoms with E-state index in [4.69, 9.17) is 0 Å². The zero-order chi connectivity index (χ0) is 18.9. The minimum atomic E-state index is -3.82. The highest BCUT2D eigenvalue weighted by Gasteiger charge is 2.29. The molecule has 1 amide bonds. The number of anilines is 1. The summed E-state index contributed by atoms with van der Waals surface area (Å²) in [4.78, 5) is 12.2. The Morgan fingerprint density at radius 2 is 1.81 bits per heavy atom. The number of carbonyl (C=O) groups excluding carboxylic acids is 1. The van der Waals surface area contributed by atoms with Gasteiger partial charge in [0, 0.05) is 17.3 Å². The Hall–Kier alpha value is -2.41. The van der Waals surface area contributed by atoms with Crippen LogP contribution >= 0.6 is 0 Å². The first-order valence-electron chi connectivity index (χ1n) is 8.46. The molecule has 0 radical (unpaired) electrons. The predicted molar refractivity (Wildman–Crippen MR) is 98.0 cm³/mol. The van der Waals surface area contributed by atoms with Crippen molar-refractivity contribution >= 4 is 21.6 Å². The summed E-state index contributed by atoms with van der Waals surface area (Å²) in [7, 11) is -3.82. The first-order chi connectivity index (χ1) is 12.3. The van der Waals surface area contributed by atoms with Crippen LogP contribution in [-0.4, -0.2) is 20.4 Å². The third-order valence-corrected chi connectivity index (χ3v) is 5.91. The fourth-order valence-corrected chi connectivity index (χ4v) is 3.84. The molecule has 138 valence electrons. The molecular weight excluding hydrogens is 355 g/mol. The van der Waals surface area contributed by atoms with Crippen LogP contribution in [0.3, 0.4) is 0 Å². The van der Waals surface area contributed by atoms with Gasteiger partial charge < -0.3 is 5.32 Å². The highest BCUT2D eigenvalue weighted by molar-refractivity contribution is 7.92. The number of rotatable bonds is 6. The molecule has 2 N–H and O–H groups in total. The van der Waals surface area contributed by atoms with Crippen molar-refractivity contribution in [3.05, 3.63) is 59.4 Å². The highest BCUT2D eigenvalue weighted by atomic mass is 32.2. The van der Waals surface area contributed by atoms with E-state index in [1.165, 1.54) is 31.2 Å². The molecule has 1 atom stereocenters. The standard InChI is InChI=1S/C19H21FN2O3S/c1-12-11-17(9-10-18(12)20)26(24,25)22-16-7-5-15(6-8-16)19(23)21-13(2)14-3-4-14/h5-11,13-14,22H,3-4H2,1-2H3,(H,21,23)/t13-/m0/s1. The van der Waals surface area contributed by atoms with Gasteiger partial charge in [0.1, 0.15) is 5.82 Å². The SMILES string of the molecule is Cc1cc(S(=O)(=O)Nc2ccc(C(=O)N[C@@H](C)C3CC3)cc2)ccc1F. The molecule has 1 aliphatic carbocycles. The summed E-state index contributed by atoms with van der Waals surface area (Å²) in [6, 6.07) is 9.96. The van der Waals surface area contributed by atoms with Crippen LogP contribution in [0.25, 0.3) is 0 Å². The molecule has 0 aliphatic heterocycles. The summed E-state index contributed by atoms with van der Waals surface area (Å²) in [5, 5.41) is 2.95. The number of hydrogen-bond donors (Lipinski definition) is 2. The Labute approximate surface area is 152 Å². The molecule has 1 aliphatic rings. The Kier molecular flexibility index (Phi) is 5.00. The van der Waals surface area contributed by atoms with Crippen LogP contribution in [0.15, 0.2) is 47.4 Å². The van der Waals surface area contributed by atoms with Crippen molar-refractivity contribution in [2.45, 2.75) is 37.6 Å². The van der Waals surface area contributed by atoms with Crippen molar-refractivity contribution in [3.8, 4) is 0 Å². The maximum absolute atomic E-state index is 13.3. The Morgan fingerprint density at radius 3 is 2.38 bits per heavy atom. The van der Waals surface area contributed by atoms with Crippen molar-refractivity contribution in [2.75, 3.05) is 4.72 Å². The van der Waals surface area contributed by atoms with E-state index in [1.807, 2.05) is 6.92 Å². The van der Waals surface area contributed by atoms with E-state index in [1.54, 1.807) is 12.1 Å². The van der Waals surface area contributed by atoms with Gasteiger partial charge >= 0.3 is 0 Å². The van der Waals surface area contributed by atoms with Crippen molar-refractivity contribution in [1.29, 1.82) is 0 Å². The lowest BCUT2D eigenvalue weighted by atomic mass is 10.1. The minimum absolute atomic E-state index is 0.0172. The summed E-state index contributed by atoms with van der Waals surface area (Å²) >= 11 is 0. The number of sulfonamides is 1. The van der Waals surface area contributed by atoms with E-state index in [9.17, 15) is 17.6 Å². The zero-order valence-electron chi connectivity index (χ0n) is 14.6. The maximum atomic E-state index is 13.3. The van der Waals surface area contributed by atoms with E-state index >= 15 is 0 Å². The molecule has 0 heterocycles. The van der Waals surface area contributed by atoms with Gasteiger partial charge in [-0.05, 0) is 80.6 Å². The lowest BCUT2D eigenvalue weighted by Crippen LogP contribution is -2.33. The second kappa shape index (κ2) is 7.07. The molecule has 3 rings (SSSR count). The number of halogens is 1. The van der Waals surface area contributed by atoms with Gasteiger partial charge in [-0.15, -0.1) is 0 Å². The molecule has 7 heteroatoms. The van der Waals surface area contributed by atoms with Crippen LogP contribution in [0.4, 0.5) is 10.1 Å². The van der Waals surface area contributed by atoms with E-state index in [-0.39, 0.29) is 22.4 Å². The monoisotopic (exact) mass is 376 g/mol. The molecule has 0 saturated heterocycles. The Morgan fingerprint density at radius 1 is 1.15 bits per heavy atom. The minimum Gasteiger partial charge on any atom is -0.349 e. The van der Waals surface area contributed by atoms with Crippen LogP contribution in [0.1, 0.15) is 35.7 Å². The van der Waals surface area contributed by atoms with Gasteiger partial charge in [-0.2, -0.15) is 0 Å². The number of carbonyl (C=O) groups is 1. The third kappa shape index (κ3) is 4.22. The largest absolute Gasteiger partial charge is 0.349 e. The lowest BCUT2D eigenvalue weighted by molar-refractivity contribution is 0.0936. The summed E-state index contributed by atoms with van der Waals surface area (Å²) in [6.45, 7) is 3.49. The van der Waals surface area contributed by atoms with Gasteiger partial charge in [0.25, 0.3) is 15.9 Å². The van der Waals surface area contributed by atoms with Crippen LogP contribution in [0, 0.1) is 18.7 Å². The smallest absolute Gasteiger partial charge is 0.261 e. The molecule has 0 aromatic heterocycles. The Bertz CT molecular complexity index is 922. The molecule has 0 unspecified atom stereocenters. The van der Waals surface area contributed by atoms with Gasteiger partial charge in [-0.1, -0.05) is 0 Å². The van der Waals surface area contributed by atoms with E-state index in [0.717, 1.165) is 18.9 Å². The highest BCUT2D eigenvalue weighted by Crippen LogP contribution is 2.32. The summed E-state index contributed by atoms with van der Waals surface area (Å²) in [5.74, 6) is -0.0723. The molecule has 5 nitrogen and oxygen atoms in total. The van der Waals surface area contributed by atoms with Crippen LogP contribution in [0.5, 0.6) is 0 Å². The van der Waals surface area contributed by atoms with Gasteiger partial charge in [0.05, 0.1) is 4.90 Å². The normalized spacial score (nSPS) is 15.3. The molecule has 1 fully saturated rings. The van der Waals surface area contributed by atoms with Gasteiger partial charge in [0.2, 0.25) is 0 Å². The fraction of sp³-hybridized carbons (Fsp3) is 0.316. The van der Waals surface area contributed by atoms with Crippen molar-refractivity contribution in [2.24, 2.45) is 5.92 Å². The molecule has 0 spiro atoms. The van der Waals surface area contributed by atoms with Crippen molar-refractivity contribution in [1.82, 2.24) is 5.32 Å². The molecule has 2 aromatic rings. The number of aryl methyl sites for hydroxylation is 1. The predicted octanol–water partition coefficient (Wildman–Crippen LogP) is 3.46. The second-order valence-corrected chi connectivity index (χ2v) is 8.38. The van der Waals surface area contributed by atoms with Crippen molar-refractivity contribution in [3.63, 3.8) is 0 Å². The first-order valence-corrected chi connectivity index (χ1v) is 9.94. The average molecular weight is 376 g/mol. The van der Waals surface area contributed by atoms with Crippen LogP contribution in [0.2, 0.25) is 0 Å². The van der Waals surface area contributed by atoms with E-state index in [2.05, 4.69) is 10.0 Å². The van der Waals surface area contributed by atoms with E-state index in [0.29, 0.717) is 17.2 Å². The lowest BCUT2D eigenvalue weighted by Gasteiger charge is -2.13. The molecule has 1 saturated carbocycles. The number of nitrogens with one attached hydrogen (secondary N) is 2. The topological polar surface area (TPSA) is 75.3 Å². The Balaban J connectivity index is 1.69. The summed E-state index contributed by atoms with van der Waals surface area (Å²) in [5.41, 5.74) is 1.06. The molecule has 2 aromatic carbocycles. The second-order valence-electron chi connectivity index (χ2n) is 6.69. The maximum Gasteiger partial charge on any atom is 0.261 e. The molecule has 0 bridgehead atoms. The van der Waals surface area contributed by atoms with Gasteiger partial charge in [-0.3, -0.25) is 9.52 Å². The summed E-state index contributed by atoms with van der Waals surface area (Å²) < 4.78 is 40.6. The average Bonchev–Trinajstić information content (AvgIpc) is 3.42. The van der Waals surface area contributed by atoms with Crippen LogP contribution in [-0.2, 0) is 10.0 Å². The number of hydrogen-bond acceptors (Lipinski definition) is 3. The number of benzene rings is 2. The van der Waals surface area contributed by atoms with E-state index < -0.39 is 15.8 Å². The first kappa shape index (κ1) is 18.4. The molecular formula is C19H21FN2O3S. The van der Waals surface area contributed by atoms with Gasteiger partial charge in [0.15, 0.2) is 0 Å². The fourth-order valence-electron chi connectivity index (χ4n) is 2.69. The third-order valence-electron chi connectivity index (χ3n) is 4.53. The quantitative estimate of drug-likeness (QED) is 0.811. The zero-order valence-corrected chi connectivity index (χ0v) is 15.4. The number of amides is 1. The van der Waals surface area contributed by atoms with Crippen molar-refractivity contribution < 1.29 is 17.6 Å². The van der Waals surface area contributed by atoms with Gasteiger partial charge in [-0.25, -0.2) is 12.8 Å². The molecule has 26 heavy (non-hydrogen) atoms. The van der Waals surface area contributed by atoms with Crippen LogP contribution < -0.4 is 10.0 Å². The summed E-state index contributed by atoms with van der Waals surface area (Å²) in [6.07, 6.45) is 2.29.